The van der Waals surface area contributed by atoms with E-state index in [4.69, 9.17) is 11.6 Å². The first kappa shape index (κ1) is 16.1. The number of nitrogens with one attached hydrogen (secondary N) is 1. The minimum absolute atomic E-state index is 0.0330. The van der Waals surface area contributed by atoms with Gasteiger partial charge in [0.25, 0.3) is 0 Å². The first-order valence-electron chi connectivity index (χ1n) is 6.60. The summed E-state index contributed by atoms with van der Waals surface area (Å²) in [7, 11) is 1.36. The fraction of sp³-hybridized carbons (Fsp3) is 0.429. The summed E-state index contributed by atoms with van der Waals surface area (Å²) in [5.41, 5.74) is 2.01. The number of anilines is 1. The fourth-order valence-corrected chi connectivity index (χ4v) is 3.17. The number of carbonyl (C=O) groups excluding carboxylic acids is 2. The Morgan fingerprint density at radius 3 is 2.90 bits per heavy atom. The zero-order chi connectivity index (χ0) is 15.4. The molecule has 0 saturated carbocycles. The van der Waals surface area contributed by atoms with Crippen molar-refractivity contribution in [2.45, 2.75) is 24.7 Å². The maximum absolute atomic E-state index is 11.6. The first-order valence-corrected chi connectivity index (χ1v) is 7.79. The lowest BCUT2D eigenvalue weighted by Crippen LogP contribution is -2.25. The van der Waals surface area contributed by atoms with Crippen LogP contribution in [0.2, 0.25) is 5.02 Å². The number of hydrogen-bond donors (Lipinski definition) is 1. The molecule has 1 aliphatic heterocycles. The predicted molar refractivity (Wildman–Crippen MR) is 83.7 cm³/mol. The summed E-state index contributed by atoms with van der Waals surface area (Å²) in [5, 5.41) is 0.648. The Balaban J connectivity index is 2.02. The van der Waals surface area contributed by atoms with Gasteiger partial charge in [-0.2, -0.15) is 0 Å². The molecule has 0 saturated heterocycles. The van der Waals surface area contributed by atoms with Gasteiger partial charge in [-0.3, -0.25) is 14.3 Å². The SMILES string of the molecule is COC(=O)CCNSc1cc2c(cc1Cl)CCN2C(C)=O. The van der Waals surface area contributed by atoms with Crippen LogP contribution in [-0.4, -0.2) is 32.1 Å². The molecule has 21 heavy (non-hydrogen) atoms. The molecule has 0 atom stereocenters. The van der Waals surface area contributed by atoms with E-state index >= 15 is 0 Å². The van der Waals surface area contributed by atoms with E-state index in [2.05, 4.69) is 9.46 Å². The van der Waals surface area contributed by atoms with Crippen molar-refractivity contribution in [1.82, 2.24) is 4.72 Å². The molecule has 1 heterocycles. The van der Waals surface area contributed by atoms with Crippen LogP contribution in [0.25, 0.3) is 0 Å². The summed E-state index contributed by atoms with van der Waals surface area (Å²) in [4.78, 5) is 25.2. The Morgan fingerprint density at radius 2 is 2.24 bits per heavy atom. The molecule has 114 valence electrons. The molecule has 1 aromatic rings. The number of rotatable bonds is 5. The van der Waals surface area contributed by atoms with Gasteiger partial charge in [-0.25, -0.2) is 0 Å². The highest BCUT2D eigenvalue weighted by Gasteiger charge is 2.23. The zero-order valence-corrected chi connectivity index (χ0v) is 13.5. The molecular formula is C14H17ClN2O3S. The number of fused-ring (bicyclic) bond motifs is 1. The van der Waals surface area contributed by atoms with Crippen molar-refractivity contribution >= 4 is 41.1 Å². The minimum Gasteiger partial charge on any atom is -0.469 e. The van der Waals surface area contributed by atoms with Crippen LogP contribution in [0.15, 0.2) is 17.0 Å². The van der Waals surface area contributed by atoms with Crippen LogP contribution < -0.4 is 9.62 Å². The highest BCUT2D eigenvalue weighted by atomic mass is 35.5. The van der Waals surface area contributed by atoms with Gasteiger partial charge in [0.05, 0.1) is 18.6 Å². The second-order valence-electron chi connectivity index (χ2n) is 4.65. The molecule has 0 fully saturated rings. The second kappa shape index (κ2) is 7.15. The minimum atomic E-state index is -0.258. The second-order valence-corrected chi connectivity index (χ2v) is 5.99. The summed E-state index contributed by atoms with van der Waals surface area (Å²) < 4.78 is 7.64. The van der Waals surface area contributed by atoms with Crippen molar-refractivity contribution in [3.8, 4) is 0 Å². The van der Waals surface area contributed by atoms with Gasteiger partial charge < -0.3 is 9.64 Å². The van der Waals surface area contributed by atoms with Crippen LogP contribution in [0.3, 0.4) is 0 Å². The van der Waals surface area contributed by atoms with Crippen LogP contribution in [0.4, 0.5) is 5.69 Å². The zero-order valence-electron chi connectivity index (χ0n) is 11.9. The number of halogens is 1. The van der Waals surface area contributed by atoms with Gasteiger partial charge in [0.1, 0.15) is 0 Å². The van der Waals surface area contributed by atoms with E-state index in [1.54, 1.807) is 11.8 Å². The van der Waals surface area contributed by atoms with Crippen LogP contribution in [0.5, 0.6) is 0 Å². The third-order valence-electron chi connectivity index (χ3n) is 3.25. The Kier molecular flexibility index (Phi) is 5.50. The van der Waals surface area contributed by atoms with Crippen molar-refractivity contribution in [2.24, 2.45) is 0 Å². The topological polar surface area (TPSA) is 58.6 Å². The molecule has 1 aromatic carbocycles. The van der Waals surface area contributed by atoms with Crippen LogP contribution >= 0.6 is 23.5 Å². The predicted octanol–water partition coefficient (Wildman–Crippen LogP) is 2.41. The largest absolute Gasteiger partial charge is 0.469 e. The average molecular weight is 329 g/mol. The van der Waals surface area contributed by atoms with Gasteiger partial charge in [-0.05, 0) is 36.1 Å². The molecule has 7 heteroatoms. The average Bonchev–Trinajstić information content (AvgIpc) is 2.85. The number of amides is 1. The number of methoxy groups -OCH3 is 1. The lowest BCUT2D eigenvalue weighted by Gasteiger charge is -2.16. The summed E-state index contributed by atoms with van der Waals surface area (Å²) >= 11 is 7.60. The van der Waals surface area contributed by atoms with Crippen molar-refractivity contribution in [3.63, 3.8) is 0 Å². The summed E-state index contributed by atoms with van der Waals surface area (Å²) in [6, 6.07) is 3.83. The van der Waals surface area contributed by atoms with Crippen molar-refractivity contribution < 1.29 is 14.3 Å². The molecule has 0 spiro atoms. The molecule has 1 N–H and O–H groups in total. The lowest BCUT2D eigenvalue weighted by atomic mass is 10.2. The highest BCUT2D eigenvalue weighted by molar-refractivity contribution is 7.97. The standard InChI is InChI=1S/C14H17ClN2O3S/c1-9(18)17-6-4-10-7-11(15)13(8-12(10)17)21-16-5-3-14(19)20-2/h7-8,16H,3-6H2,1-2H3. The Morgan fingerprint density at radius 1 is 1.48 bits per heavy atom. The highest BCUT2D eigenvalue weighted by Crippen LogP contribution is 2.36. The quantitative estimate of drug-likeness (QED) is 0.511. The van der Waals surface area contributed by atoms with E-state index in [-0.39, 0.29) is 11.9 Å². The van der Waals surface area contributed by atoms with E-state index < -0.39 is 0 Å². The molecule has 2 rings (SSSR count). The molecule has 5 nitrogen and oxygen atoms in total. The third-order valence-corrected chi connectivity index (χ3v) is 4.58. The van der Waals surface area contributed by atoms with Crippen LogP contribution in [0.1, 0.15) is 18.9 Å². The Hall–Kier alpha value is -1.24. The summed E-state index contributed by atoms with van der Waals surface area (Å²) in [6.45, 7) is 2.75. The van der Waals surface area contributed by atoms with Crippen molar-refractivity contribution in [3.05, 3.63) is 22.7 Å². The van der Waals surface area contributed by atoms with E-state index in [1.807, 2.05) is 12.1 Å². The lowest BCUT2D eigenvalue weighted by molar-refractivity contribution is -0.140. The number of carbonyl (C=O) groups is 2. The monoisotopic (exact) mass is 328 g/mol. The molecule has 1 aliphatic rings. The molecule has 0 radical (unpaired) electrons. The smallest absolute Gasteiger partial charge is 0.306 e. The summed E-state index contributed by atoms with van der Waals surface area (Å²) in [6.07, 6.45) is 1.13. The van der Waals surface area contributed by atoms with Crippen LogP contribution in [-0.2, 0) is 20.7 Å². The van der Waals surface area contributed by atoms with Gasteiger partial charge in [-0.15, -0.1) is 0 Å². The maximum Gasteiger partial charge on any atom is 0.306 e. The third kappa shape index (κ3) is 3.90. The molecule has 0 aromatic heterocycles. The van der Waals surface area contributed by atoms with E-state index in [1.165, 1.54) is 19.1 Å². The van der Waals surface area contributed by atoms with Gasteiger partial charge in [0, 0.05) is 30.6 Å². The van der Waals surface area contributed by atoms with Gasteiger partial charge in [0.2, 0.25) is 5.91 Å². The van der Waals surface area contributed by atoms with Crippen molar-refractivity contribution in [1.29, 1.82) is 0 Å². The molecular weight excluding hydrogens is 312 g/mol. The van der Waals surface area contributed by atoms with E-state index in [9.17, 15) is 9.59 Å². The molecule has 1 amide bonds. The Bertz CT molecular complexity index is 565. The van der Waals surface area contributed by atoms with Crippen molar-refractivity contribution in [2.75, 3.05) is 25.1 Å². The van der Waals surface area contributed by atoms with Gasteiger partial charge in [0.15, 0.2) is 0 Å². The molecule has 0 bridgehead atoms. The maximum atomic E-state index is 11.6. The number of hydrogen-bond acceptors (Lipinski definition) is 5. The number of nitrogens with zero attached hydrogens (tertiary/aromatic N) is 1. The van der Waals surface area contributed by atoms with Crippen LogP contribution in [0, 0.1) is 0 Å². The molecule has 0 aliphatic carbocycles. The van der Waals surface area contributed by atoms with E-state index in [0.29, 0.717) is 24.5 Å². The normalized spacial score (nSPS) is 13.2. The number of ether oxygens (including phenoxy) is 1. The number of esters is 1. The van der Waals surface area contributed by atoms with Gasteiger partial charge >= 0.3 is 5.97 Å². The summed E-state index contributed by atoms with van der Waals surface area (Å²) in [5.74, 6) is -0.225. The Labute approximate surface area is 133 Å². The molecule has 0 unspecified atom stereocenters. The fourth-order valence-electron chi connectivity index (χ4n) is 2.18. The van der Waals surface area contributed by atoms with Gasteiger partial charge in [-0.1, -0.05) is 11.6 Å². The number of benzene rings is 1. The van der Waals surface area contributed by atoms with E-state index in [0.717, 1.165) is 22.6 Å². The first-order chi connectivity index (χ1) is 10.0.